The van der Waals surface area contributed by atoms with Gasteiger partial charge in [-0.2, -0.15) is 0 Å². The van der Waals surface area contributed by atoms with Gasteiger partial charge in [-0.05, 0) is 32.0 Å². The Bertz CT molecular complexity index is 347. The van der Waals surface area contributed by atoms with Gasteiger partial charge in [-0.25, -0.2) is 0 Å². The maximum absolute atomic E-state index is 10.1. The monoisotopic (exact) mass is 273 g/mol. The van der Waals surface area contributed by atoms with Gasteiger partial charge in [-0.3, -0.25) is 0 Å². The van der Waals surface area contributed by atoms with E-state index in [1.54, 1.807) is 27.0 Å². The lowest BCUT2D eigenvalue weighted by Gasteiger charge is -2.27. The largest absolute Gasteiger partial charge is 0.496 e. The molecule has 1 aromatic rings. The van der Waals surface area contributed by atoms with E-state index in [0.717, 1.165) is 4.47 Å². The number of aliphatic hydroxyl groups is 1. The molecule has 15 heavy (non-hydrogen) atoms. The second-order valence-electron chi connectivity index (χ2n) is 4.11. The van der Waals surface area contributed by atoms with Crippen molar-refractivity contribution in [2.24, 2.45) is 5.73 Å². The molecule has 4 heteroatoms. The Morgan fingerprint density at radius 3 is 2.53 bits per heavy atom. The molecule has 0 amide bonds. The summed E-state index contributed by atoms with van der Waals surface area (Å²) in [5.41, 5.74) is 5.86. The Hall–Kier alpha value is -0.580. The number of benzene rings is 1. The third kappa shape index (κ3) is 2.93. The molecule has 0 bridgehead atoms. The Morgan fingerprint density at radius 1 is 1.47 bits per heavy atom. The number of halogens is 1. The molecular formula is C11H16BrNO2. The zero-order valence-electron chi connectivity index (χ0n) is 9.12. The van der Waals surface area contributed by atoms with Gasteiger partial charge in [-0.15, -0.1) is 0 Å². The Labute approximate surface area is 98.4 Å². The number of hydrogen-bond donors (Lipinski definition) is 2. The lowest BCUT2D eigenvalue weighted by atomic mass is 9.92. The smallest absolute Gasteiger partial charge is 0.124 e. The van der Waals surface area contributed by atoms with Crippen LogP contribution in [0.25, 0.3) is 0 Å². The van der Waals surface area contributed by atoms with Gasteiger partial charge in [0.05, 0.1) is 13.2 Å². The zero-order chi connectivity index (χ0) is 11.6. The van der Waals surface area contributed by atoms with Crippen LogP contribution in [-0.2, 0) is 0 Å². The Kier molecular flexibility index (Phi) is 3.76. The van der Waals surface area contributed by atoms with Crippen molar-refractivity contribution in [3.63, 3.8) is 0 Å². The van der Waals surface area contributed by atoms with Crippen LogP contribution in [0.15, 0.2) is 22.7 Å². The summed E-state index contributed by atoms with van der Waals surface area (Å²) in [6, 6.07) is 5.48. The molecule has 0 saturated heterocycles. The molecular weight excluding hydrogens is 258 g/mol. The highest BCUT2D eigenvalue weighted by molar-refractivity contribution is 9.10. The summed E-state index contributed by atoms with van der Waals surface area (Å²) in [4.78, 5) is 0. The molecule has 0 heterocycles. The van der Waals surface area contributed by atoms with Crippen LogP contribution >= 0.6 is 15.9 Å². The van der Waals surface area contributed by atoms with E-state index in [1.807, 2.05) is 12.1 Å². The molecule has 3 nitrogen and oxygen atoms in total. The Balaban J connectivity index is 3.17. The summed E-state index contributed by atoms with van der Waals surface area (Å²) in [6.45, 7) is 3.55. The summed E-state index contributed by atoms with van der Waals surface area (Å²) >= 11 is 3.35. The van der Waals surface area contributed by atoms with Gasteiger partial charge < -0.3 is 15.6 Å². The minimum Gasteiger partial charge on any atom is -0.496 e. The molecule has 0 radical (unpaired) electrons. The quantitative estimate of drug-likeness (QED) is 0.888. The summed E-state index contributed by atoms with van der Waals surface area (Å²) < 4.78 is 6.07. The summed E-state index contributed by atoms with van der Waals surface area (Å²) in [6.07, 6.45) is -0.759. The molecule has 0 aliphatic carbocycles. The topological polar surface area (TPSA) is 55.5 Å². The maximum Gasteiger partial charge on any atom is 0.124 e. The molecule has 0 spiro atoms. The standard InChI is InChI=1S/C11H16BrNO2/c1-11(2,13)10(14)8-6-7(12)4-5-9(8)15-3/h4-6,10,14H,13H2,1-3H3. The minimum absolute atomic E-state index is 0.643. The first kappa shape index (κ1) is 12.5. The van der Waals surface area contributed by atoms with Gasteiger partial charge in [0, 0.05) is 15.6 Å². The van der Waals surface area contributed by atoms with E-state index in [9.17, 15) is 5.11 Å². The molecule has 0 aliphatic rings. The first-order valence-electron chi connectivity index (χ1n) is 4.66. The van der Waals surface area contributed by atoms with E-state index in [2.05, 4.69) is 15.9 Å². The van der Waals surface area contributed by atoms with Gasteiger partial charge in [0.25, 0.3) is 0 Å². The third-order valence-corrected chi connectivity index (χ3v) is 2.68. The molecule has 1 rings (SSSR count). The fourth-order valence-electron chi connectivity index (χ4n) is 1.32. The van der Waals surface area contributed by atoms with Crippen molar-refractivity contribution in [3.8, 4) is 5.75 Å². The second-order valence-corrected chi connectivity index (χ2v) is 5.03. The van der Waals surface area contributed by atoms with Gasteiger partial charge in [0.2, 0.25) is 0 Å². The lowest BCUT2D eigenvalue weighted by molar-refractivity contribution is 0.102. The van der Waals surface area contributed by atoms with Crippen molar-refractivity contribution in [3.05, 3.63) is 28.2 Å². The molecule has 3 N–H and O–H groups in total. The molecule has 0 aliphatic heterocycles. The van der Waals surface area contributed by atoms with Gasteiger partial charge in [-0.1, -0.05) is 15.9 Å². The highest BCUT2D eigenvalue weighted by Crippen LogP contribution is 2.33. The fourth-order valence-corrected chi connectivity index (χ4v) is 1.70. The zero-order valence-corrected chi connectivity index (χ0v) is 10.7. The van der Waals surface area contributed by atoms with E-state index in [0.29, 0.717) is 11.3 Å². The average Bonchev–Trinajstić information content (AvgIpc) is 2.15. The number of rotatable bonds is 3. The van der Waals surface area contributed by atoms with Crippen molar-refractivity contribution in [1.29, 1.82) is 0 Å². The predicted molar refractivity (Wildman–Crippen MR) is 63.9 cm³/mol. The second kappa shape index (κ2) is 4.51. The lowest BCUT2D eigenvalue weighted by Crippen LogP contribution is -2.39. The van der Waals surface area contributed by atoms with E-state index in [-0.39, 0.29) is 0 Å². The van der Waals surface area contributed by atoms with E-state index in [4.69, 9.17) is 10.5 Å². The molecule has 84 valence electrons. The van der Waals surface area contributed by atoms with Gasteiger partial charge >= 0.3 is 0 Å². The Morgan fingerprint density at radius 2 is 2.07 bits per heavy atom. The van der Waals surface area contributed by atoms with E-state index >= 15 is 0 Å². The molecule has 1 unspecified atom stereocenters. The van der Waals surface area contributed by atoms with Crippen molar-refractivity contribution in [2.75, 3.05) is 7.11 Å². The highest BCUT2D eigenvalue weighted by Gasteiger charge is 2.27. The van der Waals surface area contributed by atoms with Crippen LogP contribution < -0.4 is 10.5 Å². The van der Waals surface area contributed by atoms with Crippen LogP contribution in [0.1, 0.15) is 25.5 Å². The molecule has 0 saturated carbocycles. The fraction of sp³-hybridized carbons (Fsp3) is 0.455. The summed E-state index contributed by atoms with van der Waals surface area (Å²) in [7, 11) is 1.57. The van der Waals surface area contributed by atoms with Crippen LogP contribution in [0, 0.1) is 0 Å². The summed E-state index contributed by atoms with van der Waals surface area (Å²) in [5.74, 6) is 0.643. The minimum atomic E-state index is -0.759. The van der Waals surface area contributed by atoms with Crippen molar-refractivity contribution in [2.45, 2.75) is 25.5 Å². The molecule has 0 aromatic heterocycles. The van der Waals surface area contributed by atoms with Crippen molar-refractivity contribution in [1.82, 2.24) is 0 Å². The first-order chi connectivity index (χ1) is 6.86. The van der Waals surface area contributed by atoms with Crippen molar-refractivity contribution >= 4 is 15.9 Å². The number of methoxy groups -OCH3 is 1. The predicted octanol–water partition coefficient (Wildman–Crippen LogP) is 2.23. The van der Waals surface area contributed by atoms with E-state index in [1.165, 1.54) is 0 Å². The van der Waals surface area contributed by atoms with Crippen LogP contribution in [0.2, 0.25) is 0 Å². The van der Waals surface area contributed by atoms with Crippen LogP contribution in [-0.4, -0.2) is 17.8 Å². The summed E-state index contributed by atoms with van der Waals surface area (Å²) in [5, 5.41) is 10.1. The van der Waals surface area contributed by atoms with Crippen molar-refractivity contribution < 1.29 is 9.84 Å². The highest BCUT2D eigenvalue weighted by atomic mass is 79.9. The van der Waals surface area contributed by atoms with Crippen LogP contribution in [0.3, 0.4) is 0 Å². The molecule has 0 fully saturated rings. The third-order valence-electron chi connectivity index (χ3n) is 2.19. The first-order valence-corrected chi connectivity index (χ1v) is 5.46. The van der Waals surface area contributed by atoms with E-state index < -0.39 is 11.6 Å². The maximum atomic E-state index is 10.1. The number of ether oxygens (including phenoxy) is 1. The number of nitrogens with two attached hydrogens (primary N) is 1. The van der Waals surface area contributed by atoms with Gasteiger partial charge in [0.15, 0.2) is 0 Å². The molecule has 1 aromatic carbocycles. The van der Waals surface area contributed by atoms with Gasteiger partial charge in [0.1, 0.15) is 5.75 Å². The number of hydrogen-bond acceptors (Lipinski definition) is 3. The number of aliphatic hydroxyl groups excluding tert-OH is 1. The van der Waals surface area contributed by atoms with Crippen LogP contribution in [0.4, 0.5) is 0 Å². The average molecular weight is 274 g/mol. The SMILES string of the molecule is COc1ccc(Br)cc1C(O)C(C)(C)N. The normalized spacial score (nSPS) is 13.7. The van der Waals surface area contributed by atoms with Crippen LogP contribution in [0.5, 0.6) is 5.75 Å². The molecule has 1 atom stereocenters.